The molecule has 6 rings (SSSR count). The fourth-order valence-corrected chi connectivity index (χ4v) is 6.04. The molecule has 2 fully saturated rings. The van der Waals surface area contributed by atoms with Crippen LogP contribution in [0.4, 0.5) is 0 Å². The predicted octanol–water partition coefficient (Wildman–Crippen LogP) is 3.56. The van der Waals surface area contributed by atoms with E-state index >= 15 is 0 Å². The summed E-state index contributed by atoms with van der Waals surface area (Å²) in [7, 11) is 3.30. The van der Waals surface area contributed by atoms with Gasteiger partial charge in [-0.3, -0.25) is 9.59 Å². The minimum Gasteiger partial charge on any atom is -0.496 e. The molecule has 4 aliphatic rings. The predicted molar refractivity (Wildman–Crippen MR) is 153 cm³/mol. The van der Waals surface area contributed by atoms with Crippen LogP contribution in [0.2, 0.25) is 0 Å². The number of hydrogen-bond donors (Lipinski definition) is 2. The zero-order valence-corrected chi connectivity index (χ0v) is 24.1. The van der Waals surface area contributed by atoms with Crippen molar-refractivity contribution in [1.29, 1.82) is 0 Å². The second-order valence-corrected chi connectivity index (χ2v) is 9.59. The summed E-state index contributed by atoms with van der Waals surface area (Å²) >= 11 is 0. The zero-order chi connectivity index (χ0) is 25.4. The Balaban J connectivity index is 0.000000200. The van der Waals surface area contributed by atoms with Gasteiger partial charge in [0.25, 0.3) is 11.8 Å². The van der Waals surface area contributed by atoms with Crippen LogP contribution in [0.1, 0.15) is 68.9 Å². The molecule has 10 heteroatoms. The monoisotopic (exact) mass is 564 g/mol. The van der Waals surface area contributed by atoms with Gasteiger partial charge in [-0.1, -0.05) is 38.1 Å². The van der Waals surface area contributed by atoms with Crippen molar-refractivity contribution < 1.29 is 19.1 Å². The number of amides is 2. The smallest absolute Gasteiger partial charge is 0.258 e. The molecule has 4 heterocycles. The first-order valence-corrected chi connectivity index (χ1v) is 13.0. The number of nitrogens with one attached hydrogen (secondary N) is 2. The van der Waals surface area contributed by atoms with Crippen LogP contribution in [0.15, 0.2) is 24.3 Å². The molecule has 0 aliphatic carbocycles. The van der Waals surface area contributed by atoms with Gasteiger partial charge in [0, 0.05) is 39.3 Å². The van der Waals surface area contributed by atoms with Gasteiger partial charge in [-0.2, -0.15) is 0 Å². The lowest BCUT2D eigenvalue weighted by atomic mass is 9.98. The first kappa shape index (κ1) is 30.0. The molecule has 2 saturated heterocycles. The van der Waals surface area contributed by atoms with Crippen molar-refractivity contribution in [3.63, 3.8) is 0 Å². The summed E-state index contributed by atoms with van der Waals surface area (Å²) in [6, 6.07) is 8.71. The van der Waals surface area contributed by atoms with E-state index in [9.17, 15) is 9.59 Å². The van der Waals surface area contributed by atoms with E-state index < -0.39 is 0 Å². The van der Waals surface area contributed by atoms with Crippen LogP contribution in [-0.2, 0) is 12.8 Å². The molecule has 4 aliphatic heterocycles. The molecular formula is C28H38Cl2N4O4. The fraction of sp³-hybridized carbons (Fsp3) is 0.500. The number of hydrogen-bond acceptors (Lipinski definition) is 6. The molecule has 2 aromatic rings. The van der Waals surface area contributed by atoms with E-state index in [2.05, 4.69) is 48.7 Å². The average molecular weight is 566 g/mol. The molecular weight excluding hydrogens is 527 g/mol. The molecule has 38 heavy (non-hydrogen) atoms. The number of benzene rings is 2. The standard InChI is InChI=1S/2C14H18N2O2.2ClH/c2*1-3-9-4-5-10-11-8-15-6-7-16(11)14(17)12(10)13(9)18-2;;/h2*4-5,11,15H,3,6-8H2,1-2H3;2*1H/t2*11-;;/m10../s1. The molecule has 0 bridgehead atoms. The Morgan fingerprint density at radius 2 is 1.13 bits per heavy atom. The molecule has 208 valence electrons. The van der Waals surface area contributed by atoms with Gasteiger partial charge >= 0.3 is 0 Å². The van der Waals surface area contributed by atoms with Crippen molar-refractivity contribution in [1.82, 2.24) is 20.4 Å². The lowest BCUT2D eigenvalue weighted by Crippen LogP contribution is -2.44. The van der Waals surface area contributed by atoms with E-state index in [1.807, 2.05) is 9.80 Å². The van der Waals surface area contributed by atoms with E-state index in [0.717, 1.165) is 97.0 Å². The number of carbonyl (C=O) groups is 2. The Hall–Kier alpha value is -2.52. The molecule has 0 saturated carbocycles. The van der Waals surface area contributed by atoms with E-state index in [-0.39, 0.29) is 48.7 Å². The average Bonchev–Trinajstić information content (AvgIpc) is 3.39. The van der Waals surface area contributed by atoms with Crippen LogP contribution in [0, 0.1) is 0 Å². The summed E-state index contributed by atoms with van der Waals surface area (Å²) in [5.41, 5.74) is 6.01. The maximum atomic E-state index is 12.5. The number of aryl methyl sites for hydroxylation is 2. The van der Waals surface area contributed by atoms with Crippen LogP contribution in [-0.4, -0.2) is 75.1 Å². The molecule has 2 atom stereocenters. The van der Waals surface area contributed by atoms with Gasteiger partial charge in [0.2, 0.25) is 0 Å². The van der Waals surface area contributed by atoms with Crippen LogP contribution in [0.3, 0.4) is 0 Å². The van der Waals surface area contributed by atoms with Gasteiger partial charge in [0.15, 0.2) is 0 Å². The Labute approximate surface area is 237 Å². The van der Waals surface area contributed by atoms with E-state index in [0.29, 0.717) is 0 Å². The highest BCUT2D eigenvalue weighted by Crippen LogP contribution is 2.42. The Morgan fingerprint density at radius 3 is 1.47 bits per heavy atom. The highest BCUT2D eigenvalue weighted by molar-refractivity contribution is 6.03. The van der Waals surface area contributed by atoms with Crippen molar-refractivity contribution in [2.75, 3.05) is 53.5 Å². The number of carbonyl (C=O) groups excluding carboxylic acids is 2. The van der Waals surface area contributed by atoms with Crippen molar-refractivity contribution >= 4 is 36.6 Å². The Kier molecular flexibility index (Phi) is 9.92. The van der Waals surface area contributed by atoms with Crippen molar-refractivity contribution in [2.24, 2.45) is 0 Å². The largest absolute Gasteiger partial charge is 0.496 e. The summed E-state index contributed by atoms with van der Waals surface area (Å²) < 4.78 is 11.0. The highest BCUT2D eigenvalue weighted by Gasteiger charge is 2.41. The first-order chi connectivity index (χ1) is 17.5. The van der Waals surface area contributed by atoms with Crippen molar-refractivity contribution in [2.45, 2.75) is 38.8 Å². The number of halogens is 2. The summed E-state index contributed by atoms with van der Waals surface area (Å²) in [5, 5.41) is 6.70. The van der Waals surface area contributed by atoms with Gasteiger partial charge in [0.1, 0.15) is 11.5 Å². The quantitative estimate of drug-likeness (QED) is 0.590. The normalized spacial score (nSPS) is 20.6. The maximum absolute atomic E-state index is 12.5. The Morgan fingerprint density at radius 1 is 0.737 bits per heavy atom. The second kappa shape index (κ2) is 12.6. The van der Waals surface area contributed by atoms with Crippen molar-refractivity contribution in [3.8, 4) is 11.5 Å². The van der Waals surface area contributed by atoms with Crippen LogP contribution >= 0.6 is 24.8 Å². The topological polar surface area (TPSA) is 83.1 Å². The summed E-state index contributed by atoms with van der Waals surface area (Å²) in [4.78, 5) is 28.9. The fourth-order valence-electron chi connectivity index (χ4n) is 6.04. The summed E-state index contributed by atoms with van der Waals surface area (Å²) in [5.74, 6) is 1.80. The van der Waals surface area contributed by atoms with Gasteiger partial charge in [-0.15, -0.1) is 24.8 Å². The third-order valence-electron chi connectivity index (χ3n) is 7.87. The number of nitrogens with zero attached hydrogens (tertiary/aromatic N) is 2. The lowest BCUT2D eigenvalue weighted by molar-refractivity contribution is 0.0681. The first-order valence-electron chi connectivity index (χ1n) is 13.0. The van der Waals surface area contributed by atoms with Crippen molar-refractivity contribution in [3.05, 3.63) is 57.6 Å². The van der Waals surface area contributed by atoms with Gasteiger partial charge in [-0.25, -0.2) is 0 Å². The third-order valence-corrected chi connectivity index (χ3v) is 7.87. The minimum absolute atomic E-state index is 0. The van der Waals surface area contributed by atoms with Gasteiger partial charge in [-0.05, 0) is 35.1 Å². The number of rotatable bonds is 4. The number of fused-ring (bicyclic) bond motifs is 6. The van der Waals surface area contributed by atoms with Crippen LogP contribution in [0.5, 0.6) is 11.5 Å². The van der Waals surface area contributed by atoms with Gasteiger partial charge in [0.05, 0.1) is 37.4 Å². The number of piperazine rings is 2. The van der Waals surface area contributed by atoms with Gasteiger partial charge < -0.3 is 29.9 Å². The highest BCUT2D eigenvalue weighted by atomic mass is 35.5. The SMILES string of the molecule is CCc1ccc2c(c1OC)C(=O)N1CCNC[C@@H]21.CCc1ccc2c(c1OC)C(=O)N1CCNC[C@H]21.Cl.Cl. The molecule has 0 spiro atoms. The van der Waals surface area contributed by atoms with Crippen LogP contribution in [0.25, 0.3) is 0 Å². The molecule has 2 aromatic carbocycles. The van der Waals surface area contributed by atoms with Crippen LogP contribution < -0.4 is 20.1 Å². The molecule has 0 unspecified atom stereocenters. The second-order valence-electron chi connectivity index (χ2n) is 9.59. The summed E-state index contributed by atoms with van der Waals surface area (Å²) in [6.07, 6.45) is 1.76. The minimum atomic E-state index is 0. The molecule has 8 nitrogen and oxygen atoms in total. The molecule has 0 aromatic heterocycles. The van der Waals surface area contributed by atoms with E-state index in [1.54, 1.807) is 14.2 Å². The third kappa shape index (κ3) is 4.83. The molecule has 2 amide bonds. The maximum Gasteiger partial charge on any atom is 0.258 e. The molecule has 2 N–H and O–H groups in total. The lowest BCUT2D eigenvalue weighted by Gasteiger charge is -2.30. The van der Waals surface area contributed by atoms with E-state index in [1.165, 1.54) is 0 Å². The number of ether oxygens (including phenoxy) is 2. The number of methoxy groups -OCH3 is 2. The molecule has 0 radical (unpaired) electrons. The zero-order valence-electron chi connectivity index (χ0n) is 22.5. The Bertz CT molecular complexity index is 1100. The van der Waals surface area contributed by atoms with E-state index in [4.69, 9.17) is 9.47 Å². The summed E-state index contributed by atoms with van der Waals surface area (Å²) in [6.45, 7) is 9.15.